The van der Waals surface area contributed by atoms with Crippen LogP contribution in [0.1, 0.15) is 11.1 Å². The largest absolute Gasteiger partial charge is 0.491 e. The molecule has 0 aliphatic carbocycles. The fourth-order valence-electron chi connectivity index (χ4n) is 2.36. The molecule has 0 fully saturated rings. The summed E-state index contributed by atoms with van der Waals surface area (Å²) in [5.74, 6) is 0.479. The molecule has 0 amide bonds. The second kappa shape index (κ2) is 5.22. The highest BCUT2D eigenvalue weighted by Crippen LogP contribution is 2.27. The molecule has 4 heteroatoms. The zero-order chi connectivity index (χ0) is 13.9. The van der Waals surface area contributed by atoms with Crippen molar-refractivity contribution in [3.05, 3.63) is 59.4 Å². The van der Waals surface area contributed by atoms with Gasteiger partial charge in [0.15, 0.2) is 0 Å². The van der Waals surface area contributed by atoms with Crippen LogP contribution in [0.3, 0.4) is 0 Å². The molecule has 0 saturated heterocycles. The van der Waals surface area contributed by atoms with Gasteiger partial charge in [-0.1, -0.05) is 18.2 Å². The van der Waals surface area contributed by atoms with E-state index in [2.05, 4.69) is 0 Å². The summed E-state index contributed by atoms with van der Waals surface area (Å²) in [4.78, 5) is 1.93. The van der Waals surface area contributed by atoms with Crippen LogP contribution in [-0.2, 0) is 6.54 Å². The van der Waals surface area contributed by atoms with Crippen molar-refractivity contribution < 1.29 is 9.13 Å². The Kier molecular flexibility index (Phi) is 3.26. The third kappa shape index (κ3) is 2.30. The highest BCUT2D eigenvalue weighted by molar-refractivity contribution is 5.53. The number of anilines is 1. The summed E-state index contributed by atoms with van der Waals surface area (Å²) in [6, 6.07) is 14.3. The monoisotopic (exact) mass is 268 g/mol. The van der Waals surface area contributed by atoms with Crippen LogP contribution < -0.4 is 9.64 Å². The molecular weight excluding hydrogens is 255 g/mol. The molecule has 2 aromatic rings. The number of ether oxygens (including phenoxy) is 1. The highest BCUT2D eigenvalue weighted by Gasteiger charge is 2.18. The molecule has 0 saturated carbocycles. The number of hydrogen-bond donors (Lipinski definition) is 0. The Balaban J connectivity index is 1.94. The Labute approximate surface area is 116 Å². The molecule has 100 valence electrons. The predicted molar refractivity (Wildman–Crippen MR) is 74.1 cm³/mol. The zero-order valence-electron chi connectivity index (χ0n) is 10.8. The lowest BCUT2D eigenvalue weighted by molar-refractivity contribution is 0.331. The Morgan fingerprint density at radius 1 is 1.20 bits per heavy atom. The van der Waals surface area contributed by atoms with Crippen molar-refractivity contribution in [3.8, 4) is 11.8 Å². The van der Waals surface area contributed by atoms with E-state index in [1.54, 1.807) is 12.1 Å². The first-order valence-corrected chi connectivity index (χ1v) is 6.43. The predicted octanol–water partition coefficient (Wildman–Crippen LogP) is 3.10. The molecule has 0 unspecified atom stereocenters. The Morgan fingerprint density at radius 2 is 2.05 bits per heavy atom. The molecule has 0 bridgehead atoms. The number of nitriles is 1. The van der Waals surface area contributed by atoms with Crippen molar-refractivity contribution in [1.82, 2.24) is 0 Å². The number of fused-ring (bicyclic) bond motifs is 1. The SMILES string of the molecule is N#Cc1ccc(N2CCOc3ccccc3C2)c(F)c1. The second-order valence-electron chi connectivity index (χ2n) is 4.66. The van der Waals surface area contributed by atoms with Gasteiger partial charge in [0.1, 0.15) is 18.2 Å². The van der Waals surface area contributed by atoms with E-state index >= 15 is 0 Å². The molecule has 20 heavy (non-hydrogen) atoms. The zero-order valence-corrected chi connectivity index (χ0v) is 10.8. The first kappa shape index (κ1) is 12.5. The van der Waals surface area contributed by atoms with Crippen LogP contribution >= 0.6 is 0 Å². The van der Waals surface area contributed by atoms with Gasteiger partial charge in [0, 0.05) is 12.1 Å². The first-order valence-electron chi connectivity index (χ1n) is 6.43. The molecule has 3 nitrogen and oxygen atoms in total. The quantitative estimate of drug-likeness (QED) is 0.797. The Morgan fingerprint density at radius 3 is 2.85 bits per heavy atom. The van der Waals surface area contributed by atoms with Crippen LogP contribution in [0.25, 0.3) is 0 Å². The molecule has 0 radical (unpaired) electrons. The van der Waals surface area contributed by atoms with Gasteiger partial charge >= 0.3 is 0 Å². The summed E-state index contributed by atoms with van der Waals surface area (Å²) in [6.07, 6.45) is 0. The van der Waals surface area contributed by atoms with E-state index in [4.69, 9.17) is 10.00 Å². The standard InChI is InChI=1S/C16H13FN2O/c17-14-9-12(10-18)5-6-15(14)19-7-8-20-16-4-2-1-3-13(16)11-19/h1-6,9H,7-8,11H2. The number of halogens is 1. The summed E-state index contributed by atoms with van der Waals surface area (Å²) in [6.45, 7) is 1.72. The number of rotatable bonds is 1. The van der Waals surface area contributed by atoms with Crippen LogP contribution in [-0.4, -0.2) is 13.2 Å². The van der Waals surface area contributed by atoms with Gasteiger partial charge in [0.25, 0.3) is 0 Å². The Hall–Kier alpha value is -2.54. The van der Waals surface area contributed by atoms with Gasteiger partial charge in [-0.05, 0) is 24.3 Å². The van der Waals surface area contributed by atoms with E-state index in [9.17, 15) is 4.39 Å². The summed E-state index contributed by atoms with van der Waals surface area (Å²) >= 11 is 0. The third-order valence-electron chi connectivity index (χ3n) is 3.37. The van der Waals surface area contributed by atoms with Gasteiger partial charge in [-0.25, -0.2) is 4.39 Å². The second-order valence-corrected chi connectivity index (χ2v) is 4.66. The van der Waals surface area contributed by atoms with E-state index in [1.807, 2.05) is 35.2 Å². The molecule has 0 atom stereocenters. The minimum absolute atomic E-state index is 0.331. The van der Waals surface area contributed by atoms with Gasteiger partial charge in [-0.3, -0.25) is 0 Å². The number of hydrogen-bond acceptors (Lipinski definition) is 3. The van der Waals surface area contributed by atoms with Crippen LogP contribution in [0.5, 0.6) is 5.75 Å². The van der Waals surface area contributed by atoms with Crippen LogP contribution in [0, 0.1) is 17.1 Å². The average molecular weight is 268 g/mol. The topological polar surface area (TPSA) is 36.3 Å². The lowest BCUT2D eigenvalue weighted by atomic mass is 10.1. The van der Waals surface area contributed by atoms with Gasteiger partial charge in [-0.15, -0.1) is 0 Å². The minimum atomic E-state index is -0.372. The van der Waals surface area contributed by atoms with Crippen molar-refractivity contribution in [2.24, 2.45) is 0 Å². The van der Waals surface area contributed by atoms with Gasteiger partial charge in [-0.2, -0.15) is 5.26 Å². The molecule has 3 rings (SSSR count). The summed E-state index contributed by atoms with van der Waals surface area (Å²) in [5, 5.41) is 8.79. The van der Waals surface area contributed by atoms with Crippen LogP contribution in [0.4, 0.5) is 10.1 Å². The highest BCUT2D eigenvalue weighted by atomic mass is 19.1. The number of benzene rings is 2. The Bertz CT molecular complexity index is 678. The molecule has 2 aromatic carbocycles. The van der Waals surface area contributed by atoms with Crippen molar-refractivity contribution >= 4 is 5.69 Å². The molecule has 1 aliphatic heterocycles. The van der Waals surface area contributed by atoms with Gasteiger partial charge in [0.2, 0.25) is 0 Å². The molecule has 1 heterocycles. The lowest BCUT2D eigenvalue weighted by Gasteiger charge is -2.22. The van der Waals surface area contributed by atoms with Crippen molar-refractivity contribution in [2.75, 3.05) is 18.1 Å². The molecular formula is C16H13FN2O. The van der Waals surface area contributed by atoms with Gasteiger partial charge < -0.3 is 9.64 Å². The molecule has 0 spiro atoms. The van der Waals surface area contributed by atoms with Crippen LogP contribution in [0.15, 0.2) is 42.5 Å². The minimum Gasteiger partial charge on any atom is -0.491 e. The van der Waals surface area contributed by atoms with Crippen molar-refractivity contribution in [2.45, 2.75) is 6.54 Å². The third-order valence-corrected chi connectivity index (χ3v) is 3.37. The lowest BCUT2D eigenvalue weighted by Crippen LogP contribution is -2.26. The smallest absolute Gasteiger partial charge is 0.147 e. The van der Waals surface area contributed by atoms with E-state index in [0.717, 1.165) is 11.3 Å². The number of nitrogens with zero attached hydrogens (tertiary/aromatic N) is 2. The summed E-state index contributed by atoms with van der Waals surface area (Å²) in [5.41, 5.74) is 1.87. The average Bonchev–Trinajstić information content (AvgIpc) is 2.69. The maximum absolute atomic E-state index is 14.1. The summed E-state index contributed by atoms with van der Waals surface area (Å²) < 4.78 is 19.8. The van der Waals surface area contributed by atoms with Crippen molar-refractivity contribution in [3.63, 3.8) is 0 Å². The molecule has 1 aliphatic rings. The van der Waals surface area contributed by atoms with E-state index < -0.39 is 0 Å². The first-order chi connectivity index (χ1) is 9.78. The summed E-state index contributed by atoms with van der Waals surface area (Å²) in [7, 11) is 0. The maximum Gasteiger partial charge on any atom is 0.147 e. The fraction of sp³-hybridized carbons (Fsp3) is 0.188. The van der Waals surface area contributed by atoms with Crippen LogP contribution in [0.2, 0.25) is 0 Å². The molecule has 0 aromatic heterocycles. The van der Waals surface area contributed by atoms with E-state index in [0.29, 0.717) is 30.9 Å². The van der Waals surface area contributed by atoms with E-state index in [-0.39, 0.29) is 5.82 Å². The van der Waals surface area contributed by atoms with E-state index in [1.165, 1.54) is 6.07 Å². The number of para-hydroxylation sites is 1. The fourth-order valence-corrected chi connectivity index (χ4v) is 2.36. The maximum atomic E-state index is 14.1. The normalized spacial score (nSPS) is 13.9. The molecule has 0 N–H and O–H groups in total. The van der Waals surface area contributed by atoms with Gasteiger partial charge in [0.05, 0.1) is 23.9 Å². The van der Waals surface area contributed by atoms with Crippen molar-refractivity contribution in [1.29, 1.82) is 5.26 Å².